The van der Waals surface area contributed by atoms with Crippen LogP contribution >= 0.6 is 0 Å². The summed E-state index contributed by atoms with van der Waals surface area (Å²) in [6.45, 7) is 7.45. The van der Waals surface area contributed by atoms with E-state index in [0.29, 0.717) is 30.2 Å². The Morgan fingerprint density at radius 2 is 1.83 bits per heavy atom. The Labute approximate surface area is 172 Å². The van der Waals surface area contributed by atoms with Crippen LogP contribution in [0.5, 0.6) is 11.5 Å². The highest BCUT2D eigenvalue weighted by Gasteiger charge is 2.16. The number of carbonyl (C=O) groups excluding carboxylic acids is 1. The Hall–Kier alpha value is -2.80. The van der Waals surface area contributed by atoms with Gasteiger partial charge in [-0.3, -0.25) is 4.79 Å². The first-order valence-corrected chi connectivity index (χ1v) is 10.1. The smallest absolute Gasteiger partial charge is 0.225 e. The van der Waals surface area contributed by atoms with Crippen molar-refractivity contribution in [2.24, 2.45) is 0 Å². The Balaban J connectivity index is 1.49. The highest BCUT2D eigenvalue weighted by molar-refractivity contribution is 5.90. The van der Waals surface area contributed by atoms with E-state index in [0.717, 1.165) is 44.0 Å². The molecule has 2 heterocycles. The molecule has 0 bridgehead atoms. The van der Waals surface area contributed by atoms with Crippen LogP contribution in [0.4, 0.5) is 11.5 Å². The van der Waals surface area contributed by atoms with Gasteiger partial charge in [-0.05, 0) is 42.8 Å². The van der Waals surface area contributed by atoms with Crippen LogP contribution in [0.2, 0.25) is 0 Å². The predicted octanol–water partition coefficient (Wildman–Crippen LogP) is 2.81. The lowest BCUT2D eigenvalue weighted by Crippen LogP contribution is -2.46. The molecule has 1 aliphatic heterocycles. The number of benzene rings is 1. The second kappa shape index (κ2) is 10.1. The number of nitrogens with one attached hydrogen (secondary N) is 1. The zero-order valence-corrected chi connectivity index (χ0v) is 17.5. The first kappa shape index (κ1) is 20.9. The van der Waals surface area contributed by atoms with E-state index in [1.807, 2.05) is 36.5 Å². The minimum Gasteiger partial charge on any atom is -0.493 e. The molecular weight excluding hydrogens is 368 g/mol. The molecule has 0 radical (unpaired) electrons. The van der Waals surface area contributed by atoms with Crippen LogP contribution in [-0.4, -0.2) is 62.7 Å². The number of methoxy groups -OCH3 is 2. The number of ether oxygens (including phenoxy) is 2. The molecule has 7 heteroatoms. The van der Waals surface area contributed by atoms with Crippen LogP contribution in [0, 0.1) is 0 Å². The average Bonchev–Trinajstić information content (AvgIpc) is 2.78. The van der Waals surface area contributed by atoms with Gasteiger partial charge in [0.05, 0.1) is 26.1 Å². The molecule has 1 aliphatic rings. The largest absolute Gasteiger partial charge is 0.493 e. The van der Waals surface area contributed by atoms with Crippen LogP contribution in [0.25, 0.3) is 0 Å². The minimum absolute atomic E-state index is 0.0587. The number of hydrogen-bond donors (Lipinski definition) is 1. The van der Waals surface area contributed by atoms with Gasteiger partial charge < -0.3 is 24.6 Å². The molecule has 1 aromatic heterocycles. The van der Waals surface area contributed by atoms with Gasteiger partial charge in [-0.25, -0.2) is 4.98 Å². The molecule has 1 N–H and O–H groups in total. The third-order valence-electron chi connectivity index (χ3n) is 5.29. The first-order valence-electron chi connectivity index (χ1n) is 10.1. The Morgan fingerprint density at radius 1 is 1.07 bits per heavy atom. The predicted molar refractivity (Wildman–Crippen MR) is 115 cm³/mol. The Kier molecular flexibility index (Phi) is 7.30. The van der Waals surface area contributed by atoms with Crippen molar-refractivity contribution in [2.45, 2.75) is 19.8 Å². The van der Waals surface area contributed by atoms with Crippen LogP contribution in [0.15, 0.2) is 36.5 Å². The van der Waals surface area contributed by atoms with Crippen LogP contribution < -0.4 is 19.7 Å². The minimum atomic E-state index is -0.0587. The number of amides is 1. The van der Waals surface area contributed by atoms with E-state index in [-0.39, 0.29) is 5.91 Å². The third-order valence-corrected chi connectivity index (χ3v) is 5.29. The summed E-state index contributed by atoms with van der Waals surface area (Å²) in [4.78, 5) is 21.5. The number of likely N-dealkylation sites (N-methyl/N-ethyl adjacent to an activating group) is 1. The molecule has 1 fully saturated rings. The van der Waals surface area contributed by atoms with Crippen molar-refractivity contribution in [3.8, 4) is 11.5 Å². The van der Waals surface area contributed by atoms with Crippen molar-refractivity contribution in [3.63, 3.8) is 0 Å². The number of pyridine rings is 1. The van der Waals surface area contributed by atoms with E-state index in [9.17, 15) is 4.79 Å². The lowest BCUT2D eigenvalue weighted by atomic mass is 10.1. The molecule has 0 aliphatic carbocycles. The van der Waals surface area contributed by atoms with E-state index in [1.165, 1.54) is 0 Å². The van der Waals surface area contributed by atoms with Gasteiger partial charge in [-0.1, -0.05) is 13.0 Å². The van der Waals surface area contributed by atoms with Gasteiger partial charge in [0.15, 0.2) is 11.5 Å². The number of hydrogen-bond acceptors (Lipinski definition) is 6. The highest BCUT2D eigenvalue weighted by Crippen LogP contribution is 2.28. The van der Waals surface area contributed by atoms with Crippen LogP contribution in [-0.2, 0) is 11.2 Å². The molecule has 1 amide bonds. The zero-order chi connectivity index (χ0) is 20.6. The Morgan fingerprint density at radius 3 is 2.45 bits per heavy atom. The molecule has 0 spiro atoms. The molecule has 0 atom stereocenters. The van der Waals surface area contributed by atoms with Crippen LogP contribution in [0.1, 0.15) is 18.9 Å². The third kappa shape index (κ3) is 5.60. The van der Waals surface area contributed by atoms with Crippen molar-refractivity contribution in [2.75, 3.05) is 57.2 Å². The molecule has 1 aromatic carbocycles. The van der Waals surface area contributed by atoms with E-state index in [2.05, 4.69) is 27.0 Å². The average molecular weight is 399 g/mol. The van der Waals surface area contributed by atoms with Crippen molar-refractivity contribution < 1.29 is 14.3 Å². The number of anilines is 2. The topological polar surface area (TPSA) is 66.9 Å². The second-order valence-corrected chi connectivity index (χ2v) is 7.06. The van der Waals surface area contributed by atoms with E-state index in [4.69, 9.17) is 9.47 Å². The molecule has 7 nitrogen and oxygen atoms in total. The summed E-state index contributed by atoms with van der Waals surface area (Å²) in [5.41, 5.74) is 2.12. The number of piperazine rings is 1. The summed E-state index contributed by atoms with van der Waals surface area (Å²) in [5, 5.41) is 2.88. The van der Waals surface area contributed by atoms with Crippen molar-refractivity contribution in [1.29, 1.82) is 0 Å². The lowest BCUT2D eigenvalue weighted by molar-refractivity contribution is -0.116. The standard InChI is InChI=1S/C22H30N4O3/c1-4-25-11-13-26(14-12-25)18-7-9-21(23-16-18)24-22(27)10-6-17-5-8-19(28-2)20(15-17)29-3/h5,7-9,15-16H,4,6,10-14H2,1-3H3,(H,23,24,27). The summed E-state index contributed by atoms with van der Waals surface area (Å²) < 4.78 is 10.6. The van der Waals surface area contributed by atoms with Gasteiger partial charge in [0.25, 0.3) is 0 Å². The fourth-order valence-electron chi connectivity index (χ4n) is 3.47. The summed E-state index contributed by atoms with van der Waals surface area (Å²) in [6, 6.07) is 9.60. The fourth-order valence-corrected chi connectivity index (χ4v) is 3.47. The summed E-state index contributed by atoms with van der Waals surface area (Å²) in [5.74, 6) is 1.87. The normalized spacial score (nSPS) is 14.5. The molecule has 1 saturated heterocycles. The second-order valence-electron chi connectivity index (χ2n) is 7.06. The SMILES string of the molecule is CCN1CCN(c2ccc(NC(=O)CCc3ccc(OC)c(OC)c3)nc2)CC1. The first-order chi connectivity index (χ1) is 14.1. The maximum atomic E-state index is 12.3. The Bertz CT molecular complexity index is 802. The lowest BCUT2D eigenvalue weighted by Gasteiger charge is -2.35. The molecule has 0 unspecified atom stereocenters. The molecule has 0 saturated carbocycles. The summed E-state index contributed by atoms with van der Waals surface area (Å²) >= 11 is 0. The monoisotopic (exact) mass is 398 g/mol. The van der Waals surface area contributed by atoms with Gasteiger partial charge in [-0.15, -0.1) is 0 Å². The van der Waals surface area contributed by atoms with Crippen molar-refractivity contribution in [3.05, 3.63) is 42.1 Å². The van der Waals surface area contributed by atoms with Gasteiger partial charge in [-0.2, -0.15) is 0 Å². The quantitative estimate of drug-likeness (QED) is 0.738. The number of nitrogens with zero attached hydrogens (tertiary/aromatic N) is 3. The fraction of sp³-hybridized carbons (Fsp3) is 0.455. The summed E-state index contributed by atoms with van der Waals surface area (Å²) in [6.07, 6.45) is 2.83. The maximum absolute atomic E-state index is 12.3. The summed E-state index contributed by atoms with van der Waals surface area (Å²) in [7, 11) is 3.21. The molecule has 29 heavy (non-hydrogen) atoms. The number of rotatable bonds is 8. The molecule has 2 aromatic rings. The van der Waals surface area contributed by atoms with Gasteiger partial charge in [0.1, 0.15) is 5.82 Å². The highest BCUT2D eigenvalue weighted by atomic mass is 16.5. The van der Waals surface area contributed by atoms with Gasteiger partial charge >= 0.3 is 0 Å². The van der Waals surface area contributed by atoms with E-state index >= 15 is 0 Å². The zero-order valence-electron chi connectivity index (χ0n) is 17.5. The number of carbonyl (C=O) groups is 1. The molecule has 156 valence electrons. The van der Waals surface area contributed by atoms with Crippen LogP contribution in [0.3, 0.4) is 0 Å². The van der Waals surface area contributed by atoms with Crippen molar-refractivity contribution >= 4 is 17.4 Å². The van der Waals surface area contributed by atoms with Crippen molar-refractivity contribution in [1.82, 2.24) is 9.88 Å². The maximum Gasteiger partial charge on any atom is 0.225 e. The number of aryl methyl sites for hydroxylation is 1. The van der Waals surface area contributed by atoms with E-state index in [1.54, 1.807) is 14.2 Å². The molecular formula is C22H30N4O3. The molecule has 3 rings (SSSR count). The van der Waals surface area contributed by atoms with Gasteiger partial charge in [0, 0.05) is 32.6 Å². The van der Waals surface area contributed by atoms with E-state index < -0.39 is 0 Å². The van der Waals surface area contributed by atoms with Gasteiger partial charge in [0.2, 0.25) is 5.91 Å². The number of aromatic nitrogens is 1.